The molecule has 0 amide bonds. The number of aryl methyl sites for hydroxylation is 1. The number of aliphatic carboxylic acids is 2. The molecule has 0 unspecified atom stereocenters. The van der Waals surface area contributed by atoms with Crippen LogP contribution in [0.4, 0.5) is 9.59 Å². The van der Waals surface area contributed by atoms with Crippen molar-refractivity contribution in [2.45, 2.75) is 32.6 Å². The molecule has 0 spiro atoms. The van der Waals surface area contributed by atoms with Gasteiger partial charge in [-0.25, -0.2) is 9.59 Å². The lowest BCUT2D eigenvalue weighted by molar-refractivity contribution is -0.136. The number of nitrogens with one attached hydrogen (secondary N) is 2. The Morgan fingerprint density at radius 2 is 1.23 bits per heavy atom. The number of hydrogen-bond donors (Lipinski definition) is 4. The molecule has 2 aromatic carbocycles. The number of halogens is 2. The van der Waals surface area contributed by atoms with Gasteiger partial charge in [0, 0.05) is 10.8 Å². The van der Waals surface area contributed by atoms with Gasteiger partial charge in [0.15, 0.2) is 0 Å². The largest absolute Gasteiger partial charge is 0.513 e. The van der Waals surface area contributed by atoms with Crippen LogP contribution in [-0.4, -0.2) is 73.9 Å². The predicted octanol–water partition coefficient (Wildman–Crippen LogP) is 3.93. The van der Waals surface area contributed by atoms with Gasteiger partial charge in [0.05, 0.1) is 26.3 Å². The second kappa shape index (κ2) is 19.7. The third-order valence-electron chi connectivity index (χ3n) is 5.01. The summed E-state index contributed by atoms with van der Waals surface area (Å²) in [5, 5.41) is 23.7. The van der Waals surface area contributed by atoms with E-state index >= 15 is 0 Å². The van der Waals surface area contributed by atoms with E-state index in [4.69, 9.17) is 29.2 Å². The maximum Gasteiger partial charge on any atom is 0.513 e. The van der Waals surface area contributed by atoms with E-state index in [1.54, 1.807) is 37.3 Å². The van der Waals surface area contributed by atoms with Crippen LogP contribution in [0, 0.1) is 6.92 Å². The van der Waals surface area contributed by atoms with Crippen LogP contribution in [0.25, 0.3) is 10.8 Å². The lowest BCUT2D eigenvalue weighted by atomic mass is 10.0. The van der Waals surface area contributed by atoms with Gasteiger partial charge in [0.1, 0.15) is 11.5 Å². The molecule has 218 valence electrons. The quantitative estimate of drug-likeness (QED) is 0.126. The number of fused-ring (bicyclic) bond motifs is 1. The Labute approximate surface area is 238 Å². The van der Waals surface area contributed by atoms with Gasteiger partial charge in [-0.2, -0.15) is 0 Å². The highest BCUT2D eigenvalue weighted by atomic mass is 35.5. The molecular formula is C25H34Cl2N2O10. The van der Waals surface area contributed by atoms with Crippen molar-refractivity contribution >= 4 is 59.8 Å². The molecule has 2 rings (SSSR count). The second-order valence-corrected chi connectivity index (χ2v) is 8.02. The van der Waals surface area contributed by atoms with Gasteiger partial charge in [-0.05, 0) is 57.3 Å². The number of carboxylic acids is 2. The molecule has 0 aliphatic carbocycles. The van der Waals surface area contributed by atoms with E-state index in [0.717, 1.165) is 0 Å². The molecule has 14 heteroatoms. The van der Waals surface area contributed by atoms with Crippen LogP contribution in [0.5, 0.6) is 11.5 Å². The van der Waals surface area contributed by atoms with E-state index < -0.39 is 24.2 Å². The van der Waals surface area contributed by atoms with Crippen LogP contribution >= 0.6 is 24.8 Å². The Morgan fingerprint density at radius 1 is 0.744 bits per heavy atom. The minimum Gasteiger partial charge on any atom is -0.480 e. The molecule has 0 fully saturated rings. The highest BCUT2D eigenvalue weighted by molar-refractivity contribution is 5.96. The molecule has 0 saturated carbocycles. The summed E-state index contributed by atoms with van der Waals surface area (Å²) in [5.74, 6) is -1.35. The number of carboxylic acid groups (broad SMARTS) is 2. The van der Waals surface area contributed by atoms with E-state index in [1.165, 1.54) is 0 Å². The van der Waals surface area contributed by atoms with Gasteiger partial charge in [0.2, 0.25) is 0 Å². The van der Waals surface area contributed by atoms with Crippen molar-refractivity contribution in [2.75, 3.05) is 39.4 Å². The zero-order valence-electron chi connectivity index (χ0n) is 21.4. The number of ether oxygens (including phenoxy) is 4. The fraction of sp³-hybridized carbons (Fsp3) is 0.440. The minimum absolute atomic E-state index is 0. The van der Waals surface area contributed by atoms with Crippen LogP contribution in [-0.2, 0) is 19.1 Å². The third kappa shape index (κ3) is 13.9. The van der Waals surface area contributed by atoms with Gasteiger partial charge < -0.3 is 39.8 Å². The molecule has 2 aromatic rings. The zero-order valence-corrected chi connectivity index (χ0v) is 23.1. The summed E-state index contributed by atoms with van der Waals surface area (Å²) in [5.41, 5.74) is 0.542. The van der Waals surface area contributed by atoms with E-state index in [2.05, 4.69) is 10.6 Å². The van der Waals surface area contributed by atoms with Gasteiger partial charge in [-0.1, -0.05) is 24.3 Å². The van der Waals surface area contributed by atoms with Crippen LogP contribution in [0.1, 0.15) is 31.2 Å². The number of carbonyl (C=O) groups is 4. The van der Waals surface area contributed by atoms with Crippen molar-refractivity contribution in [1.82, 2.24) is 10.6 Å². The average molecular weight is 593 g/mol. The molecule has 0 aromatic heterocycles. The molecule has 39 heavy (non-hydrogen) atoms. The van der Waals surface area contributed by atoms with Crippen molar-refractivity contribution in [1.29, 1.82) is 0 Å². The first-order valence-electron chi connectivity index (χ1n) is 11.8. The molecule has 0 bridgehead atoms. The summed E-state index contributed by atoms with van der Waals surface area (Å²) in [6, 6.07) is 8.51. The summed E-state index contributed by atoms with van der Waals surface area (Å²) in [6.07, 6.45) is 0.579. The predicted molar refractivity (Wildman–Crippen MR) is 147 cm³/mol. The van der Waals surface area contributed by atoms with Crippen molar-refractivity contribution in [3.05, 3.63) is 35.9 Å². The number of benzene rings is 2. The fourth-order valence-electron chi connectivity index (χ4n) is 3.31. The molecule has 0 saturated heterocycles. The van der Waals surface area contributed by atoms with Crippen LogP contribution in [0.3, 0.4) is 0 Å². The minimum atomic E-state index is -0.935. The zero-order chi connectivity index (χ0) is 27.0. The SMILES string of the molecule is Cc1cc(OC(=O)OCCCCNCC(=O)O)c2ccccc2c1OC(=O)OCCCCNCC(=O)O.Cl.Cl. The molecular weight excluding hydrogens is 559 g/mol. The molecule has 0 radical (unpaired) electrons. The Kier molecular flexibility index (Phi) is 18.0. The summed E-state index contributed by atoms with van der Waals surface area (Å²) in [7, 11) is 0. The summed E-state index contributed by atoms with van der Waals surface area (Å²) in [4.78, 5) is 45.3. The fourth-order valence-corrected chi connectivity index (χ4v) is 3.31. The second-order valence-electron chi connectivity index (χ2n) is 8.02. The smallest absolute Gasteiger partial charge is 0.480 e. The first-order valence-corrected chi connectivity index (χ1v) is 11.8. The molecule has 0 atom stereocenters. The van der Waals surface area contributed by atoms with Crippen LogP contribution in [0.15, 0.2) is 30.3 Å². The summed E-state index contributed by atoms with van der Waals surface area (Å²) in [6.45, 7) is 2.66. The van der Waals surface area contributed by atoms with Crippen LogP contribution < -0.4 is 20.1 Å². The summed E-state index contributed by atoms with van der Waals surface area (Å²) < 4.78 is 21.0. The normalized spacial score (nSPS) is 10.1. The lowest BCUT2D eigenvalue weighted by Crippen LogP contribution is -2.23. The highest BCUT2D eigenvalue weighted by Gasteiger charge is 2.18. The Balaban J connectivity index is 0.00000722. The van der Waals surface area contributed by atoms with Crippen LogP contribution in [0.2, 0.25) is 0 Å². The first-order chi connectivity index (χ1) is 17.8. The van der Waals surface area contributed by atoms with Gasteiger partial charge in [-0.15, -0.1) is 24.8 Å². The van der Waals surface area contributed by atoms with Crippen molar-refractivity contribution in [2.24, 2.45) is 0 Å². The van der Waals surface area contributed by atoms with E-state index in [1.807, 2.05) is 0 Å². The standard InChI is InChI=1S/C25H32N2O10.2ClH/c1-17-14-20(36-24(32)34-12-6-4-10-26-15-21(28)29)18-8-2-3-9-19(18)23(17)37-25(33)35-13-7-5-11-27-16-22(30)31;;/h2-3,8-9,14,26-27H,4-7,10-13,15-16H2,1H3,(H,28,29)(H,30,31);2*1H. The molecule has 0 aliphatic heterocycles. The third-order valence-corrected chi connectivity index (χ3v) is 5.01. The Morgan fingerprint density at radius 3 is 1.74 bits per heavy atom. The Hall–Kier alpha value is -3.32. The van der Waals surface area contributed by atoms with Crippen molar-refractivity contribution in [3.8, 4) is 11.5 Å². The lowest BCUT2D eigenvalue weighted by Gasteiger charge is -2.14. The molecule has 12 nitrogen and oxygen atoms in total. The number of unbranched alkanes of at least 4 members (excludes halogenated alkanes) is 2. The highest BCUT2D eigenvalue weighted by Crippen LogP contribution is 2.36. The van der Waals surface area contributed by atoms with E-state index in [-0.39, 0.29) is 62.6 Å². The maximum absolute atomic E-state index is 12.2. The maximum atomic E-state index is 12.2. The molecule has 4 N–H and O–H groups in total. The van der Waals surface area contributed by atoms with Crippen molar-refractivity contribution < 1.29 is 48.3 Å². The average Bonchev–Trinajstić information content (AvgIpc) is 2.84. The van der Waals surface area contributed by atoms with E-state index in [0.29, 0.717) is 55.1 Å². The van der Waals surface area contributed by atoms with Gasteiger partial charge in [-0.3, -0.25) is 9.59 Å². The first kappa shape index (κ1) is 35.7. The molecule has 0 aliphatic rings. The van der Waals surface area contributed by atoms with Crippen molar-refractivity contribution in [3.63, 3.8) is 0 Å². The molecule has 0 heterocycles. The number of rotatable bonds is 16. The van der Waals surface area contributed by atoms with Gasteiger partial charge in [0.25, 0.3) is 0 Å². The monoisotopic (exact) mass is 592 g/mol. The van der Waals surface area contributed by atoms with E-state index in [9.17, 15) is 19.2 Å². The van der Waals surface area contributed by atoms with Gasteiger partial charge >= 0.3 is 24.2 Å². The topological polar surface area (TPSA) is 170 Å². The number of hydrogen-bond acceptors (Lipinski definition) is 10. The Bertz CT molecular complexity index is 1080. The number of carbonyl (C=O) groups excluding carboxylic acids is 2. The summed E-state index contributed by atoms with van der Waals surface area (Å²) >= 11 is 0.